The molecule has 0 aromatic heterocycles. The zero-order valence-electron chi connectivity index (χ0n) is 22.4. The van der Waals surface area contributed by atoms with Crippen LogP contribution in [0.3, 0.4) is 0 Å². The minimum absolute atomic E-state index is 0.270. The zero-order valence-corrected chi connectivity index (χ0v) is 22.4. The highest BCUT2D eigenvalue weighted by Gasteiger charge is 2.59. The molecule has 194 valence electrons. The monoisotopic (exact) mass is 482 g/mol. The van der Waals surface area contributed by atoms with Crippen molar-refractivity contribution in [3.63, 3.8) is 0 Å². The second-order valence-electron chi connectivity index (χ2n) is 13.4. The van der Waals surface area contributed by atoms with Gasteiger partial charge >= 0.3 is 0 Å². The molecule has 4 aliphatic carbocycles. The second kappa shape index (κ2) is 9.28. The smallest absolute Gasteiger partial charge is 0.123 e. The van der Waals surface area contributed by atoms with Gasteiger partial charge in [0, 0.05) is 0 Å². The summed E-state index contributed by atoms with van der Waals surface area (Å²) in [6.45, 7) is 9.65. The van der Waals surface area contributed by atoms with Gasteiger partial charge in [0.15, 0.2) is 0 Å². The summed E-state index contributed by atoms with van der Waals surface area (Å²) >= 11 is 0. The molecule has 35 heavy (non-hydrogen) atoms. The number of aliphatic hydroxyl groups excluding tert-OH is 1. The summed E-state index contributed by atoms with van der Waals surface area (Å²) in [4.78, 5) is 0. The topological polar surface area (TPSA) is 40.5 Å². The molecule has 0 unspecified atom stereocenters. The van der Waals surface area contributed by atoms with E-state index in [0.717, 1.165) is 49.9 Å². The molecule has 1 aromatic rings. The molecule has 3 fully saturated rings. The lowest BCUT2D eigenvalue weighted by Crippen LogP contribution is -2.52. The highest BCUT2D eigenvalue weighted by Crippen LogP contribution is 2.67. The van der Waals surface area contributed by atoms with Crippen LogP contribution in [0.1, 0.15) is 110 Å². The number of benzene rings is 1. The van der Waals surface area contributed by atoms with Crippen molar-refractivity contribution in [3.8, 4) is 0 Å². The molecule has 0 radical (unpaired) electrons. The fourth-order valence-corrected chi connectivity index (χ4v) is 9.49. The molecule has 9 atom stereocenters. The van der Waals surface area contributed by atoms with Crippen LogP contribution in [0.4, 0.5) is 4.39 Å². The van der Waals surface area contributed by atoms with Crippen LogP contribution in [0.15, 0.2) is 35.9 Å². The molecular weight excluding hydrogens is 435 g/mol. The van der Waals surface area contributed by atoms with Gasteiger partial charge in [0.25, 0.3) is 0 Å². The normalized spacial score (nSPS) is 42.4. The van der Waals surface area contributed by atoms with E-state index in [1.807, 2.05) is 6.07 Å². The lowest BCUT2D eigenvalue weighted by atomic mass is 9.46. The quantitative estimate of drug-likeness (QED) is 0.403. The summed E-state index contributed by atoms with van der Waals surface area (Å²) < 4.78 is 13.6. The molecule has 3 heteroatoms. The SMILES string of the molecule is CC[C@]1(O)CC[C@@]2(C)C(=CC[C@H]3[C@@H]4CC[C@H]([C@H](C)CC[C@@H](O)c5cccc(F)c5)[C@@]4(C)CC[C@@H]32)C1. The third-order valence-electron chi connectivity index (χ3n) is 11.8. The Morgan fingerprint density at radius 2 is 1.86 bits per heavy atom. The third kappa shape index (κ3) is 4.33. The van der Waals surface area contributed by atoms with E-state index in [2.05, 4.69) is 33.8 Å². The van der Waals surface area contributed by atoms with Gasteiger partial charge in [-0.2, -0.15) is 0 Å². The molecule has 0 saturated heterocycles. The van der Waals surface area contributed by atoms with E-state index in [1.54, 1.807) is 11.6 Å². The Balaban J connectivity index is 1.27. The minimum Gasteiger partial charge on any atom is -0.390 e. The maximum Gasteiger partial charge on any atom is 0.123 e. The van der Waals surface area contributed by atoms with E-state index in [0.29, 0.717) is 29.2 Å². The van der Waals surface area contributed by atoms with Gasteiger partial charge in [0.1, 0.15) is 5.82 Å². The molecule has 4 aliphatic rings. The van der Waals surface area contributed by atoms with Gasteiger partial charge in [-0.25, -0.2) is 4.39 Å². The maximum absolute atomic E-state index is 13.6. The first-order chi connectivity index (χ1) is 16.6. The maximum atomic E-state index is 13.6. The first-order valence-corrected chi connectivity index (χ1v) is 14.4. The van der Waals surface area contributed by atoms with Gasteiger partial charge in [0.2, 0.25) is 0 Å². The van der Waals surface area contributed by atoms with Gasteiger partial charge < -0.3 is 10.2 Å². The van der Waals surface area contributed by atoms with Gasteiger partial charge in [0.05, 0.1) is 11.7 Å². The summed E-state index contributed by atoms with van der Waals surface area (Å²) in [6, 6.07) is 6.44. The molecule has 0 heterocycles. The summed E-state index contributed by atoms with van der Waals surface area (Å²) in [5.41, 5.74) is 2.46. The van der Waals surface area contributed by atoms with Crippen molar-refractivity contribution in [2.24, 2.45) is 40.4 Å². The Labute approximate surface area is 212 Å². The van der Waals surface area contributed by atoms with Crippen molar-refractivity contribution in [2.45, 2.75) is 110 Å². The highest BCUT2D eigenvalue weighted by molar-refractivity contribution is 5.27. The predicted molar refractivity (Wildman–Crippen MR) is 140 cm³/mol. The average molecular weight is 483 g/mol. The number of allylic oxidation sites excluding steroid dienone is 1. The standard InChI is InChI=1S/C32H47FO2/c1-5-32(35)18-17-30(3)23(20-32)10-11-25-27-13-12-26(31(27,4)16-15-28(25)30)21(2)9-14-29(34)22-7-6-8-24(33)19-22/h6-8,10,19,21,25-29,34-35H,5,9,11-18,20H2,1-4H3/t21-,25+,26-,27+,28+,29-,30+,31-,32+/m1/s1. The number of aliphatic hydroxyl groups is 2. The second-order valence-corrected chi connectivity index (χ2v) is 13.4. The van der Waals surface area contributed by atoms with E-state index in [4.69, 9.17) is 0 Å². The van der Waals surface area contributed by atoms with Crippen LogP contribution in [0.5, 0.6) is 0 Å². The Bertz CT molecular complexity index is 957. The molecule has 0 amide bonds. The third-order valence-corrected chi connectivity index (χ3v) is 11.8. The lowest BCUT2D eigenvalue weighted by Gasteiger charge is -2.59. The highest BCUT2D eigenvalue weighted by atomic mass is 19.1. The van der Waals surface area contributed by atoms with Gasteiger partial charge in [-0.05, 0) is 129 Å². The summed E-state index contributed by atoms with van der Waals surface area (Å²) in [7, 11) is 0. The van der Waals surface area contributed by atoms with E-state index < -0.39 is 11.7 Å². The fourth-order valence-electron chi connectivity index (χ4n) is 9.49. The van der Waals surface area contributed by atoms with Crippen LogP contribution in [0.25, 0.3) is 0 Å². The summed E-state index contributed by atoms with van der Waals surface area (Å²) in [6.07, 6.45) is 14.0. The van der Waals surface area contributed by atoms with Gasteiger partial charge in [-0.15, -0.1) is 0 Å². The van der Waals surface area contributed by atoms with Crippen LogP contribution in [-0.4, -0.2) is 15.8 Å². The fraction of sp³-hybridized carbons (Fsp3) is 0.750. The number of hydrogen-bond acceptors (Lipinski definition) is 2. The van der Waals surface area contributed by atoms with Crippen LogP contribution in [0.2, 0.25) is 0 Å². The van der Waals surface area contributed by atoms with Crippen molar-refractivity contribution >= 4 is 0 Å². The Hall–Kier alpha value is -1.19. The Morgan fingerprint density at radius 3 is 2.60 bits per heavy atom. The van der Waals surface area contributed by atoms with Crippen molar-refractivity contribution in [1.29, 1.82) is 0 Å². The molecule has 0 spiro atoms. The van der Waals surface area contributed by atoms with Crippen molar-refractivity contribution in [1.82, 2.24) is 0 Å². The molecule has 1 aromatic carbocycles. The summed E-state index contributed by atoms with van der Waals surface area (Å²) in [5, 5.41) is 21.7. The van der Waals surface area contributed by atoms with E-state index in [1.165, 1.54) is 44.2 Å². The molecule has 0 aliphatic heterocycles. The molecule has 2 N–H and O–H groups in total. The van der Waals surface area contributed by atoms with Crippen molar-refractivity contribution < 1.29 is 14.6 Å². The molecule has 2 nitrogen and oxygen atoms in total. The number of fused-ring (bicyclic) bond motifs is 5. The Morgan fingerprint density at radius 1 is 1.06 bits per heavy atom. The molecule has 0 bridgehead atoms. The largest absolute Gasteiger partial charge is 0.390 e. The van der Waals surface area contributed by atoms with Crippen LogP contribution >= 0.6 is 0 Å². The zero-order chi connectivity index (χ0) is 25.0. The van der Waals surface area contributed by atoms with Crippen LogP contribution < -0.4 is 0 Å². The van der Waals surface area contributed by atoms with E-state index >= 15 is 0 Å². The van der Waals surface area contributed by atoms with Gasteiger partial charge in [-0.1, -0.05) is 51.5 Å². The lowest BCUT2D eigenvalue weighted by molar-refractivity contribution is -0.0757. The number of hydrogen-bond donors (Lipinski definition) is 2. The first kappa shape index (κ1) is 25.5. The van der Waals surface area contributed by atoms with Gasteiger partial charge in [-0.3, -0.25) is 0 Å². The van der Waals surface area contributed by atoms with Crippen LogP contribution in [0, 0.1) is 46.2 Å². The van der Waals surface area contributed by atoms with Crippen LogP contribution in [-0.2, 0) is 0 Å². The number of halogens is 1. The molecular formula is C32H47FO2. The number of rotatable bonds is 6. The summed E-state index contributed by atoms with van der Waals surface area (Å²) in [5.74, 6) is 3.36. The molecule has 5 rings (SSSR count). The van der Waals surface area contributed by atoms with E-state index in [9.17, 15) is 14.6 Å². The Kier molecular flexibility index (Phi) is 6.75. The van der Waals surface area contributed by atoms with Crippen molar-refractivity contribution in [2.75, 3.05) is 0 Å². The minimum atomic E-state index is -0.580. The predicted octanol–water partition coefficient (Wildman–Crippen LogP) is 8.00. The van der Waals surface area contributed by atoms with Crippen molar-refractivity contribution in [3.05, 3.63) is 47.3 Å². The first-order valence-electron chi connectivity index (χ1n) is 14.4. The van der Waals surface area contributed by atoms with E-state index in [-0.39, 0.29) is 11.2 Å². The average Bonchev–Trinajstić information content (AvgIpc) is 3.20. The molecule has 3 saturated carbocycles.